The highest BCUT2D eigenvalue weighted by atomic mass is 19.1. The predicted molar refractivity (Wildman–Crippen MR) is 41.8 cm³/mol. The fourth-order valence-electron chi connectivity index (χ4n) is 0.835. The van der Waals surface area contributed by atoms with Gasteiger partial charge >= 0.3 is 5.69 Å². The third-order valence-corrected chi connectivity index (χ3v) is 1.46. The van der Waals surface area contributed by atoms with Crippen molar-refractivity contribution in [2.45, 2.75) is 0 Å². The van der Waals surface area contributed by atoms with Crippen molar-refractivity contribution in [1.82, 2.24) is 0 Å². The summed E-state index contributed by atoms with van der Waals surface area (Å²) in [6.07, 6.45) is 0. The Morgan fingerprint density at radius 2 is 1.62 bits per heavy atom. The van der Waals surface area contributed by atoms with Crippen molar-refractivity contribution in [3.05, 3.63) is 27.8 Å². The number of nitrogens with two attached hydrogens (primary N) is 2. The molecule has 0 fully saturated rings. The largest absolute Gasteiger partial charge is 0.391 e. The molecule has 4 N–H and O–H groups in total. The zero-order valence-corrected chi connectivity index (χ0v) is 6.25. The van der Waals surface area contributed by atoms with Crippen molar-refractivity contribution in [3.8, 4) is 0 Å². The van der Waals surface area contributed by atoms with Gasteiger partial charge in [-0.15, -0.1) is 0 Å². The fraction of sp³-hybridized carbons (Fsp3) is 0. The minimum Gasteiger partial charge on any atom is -0.391 e. The summed E-state index contributed by atoms with van der Waals surface area (Å²) < 4.78 is 25.3. The number of benzene rings is 1. The summed E-state index contributed by atoms with van der Waals surface area (Å²) in [5, 5.41) is 10.3. The van der Waals surface area contributed by atoms with E-state index in [2.05, 4.69) is 0 Å². The van der Waals surface area contributed by atoms with Crippen LogP contribution in [0.25, 0.3) is 0 Å². The lowest BCUT2D eigenvalue weighted by molar-refractivity contribution is -0.383. The first kappa shape index (κ1) is 9.17. The first-order valence-corrected chi connectivity index (χ1v) is 3.12. The molecule has 70 valence electrons. The second kappa shape index (κ2) is 2.85. The Hall–Kier alpha value is -1.92. The van der Waals surface area contributed by atoms with E-state index < -0.39 is 33.6 Å². The highest BCUT2D eigenvalue weighted by Gasteiger charge is 2.23. The van der Waals surface area contributed by atoms with E-state index in [0.717, 1.165) is 0 Å². The van der Waals surface area contributed by atoms with Gasteiger partial charge in [0.1, 0.15) is 11.4 Å². The van der Waals surface area contributed by atoms with Crippen LogP contribution in [0.15, 0.2) is 6.07 Å². The molecule has 0 spiro atoms. The maximum atomic E-state index is 12.7. The molecule has 1 aromatic carbocycles. The molecule has 0 bridgehead atoms. The molecule has 0 aliphatic carbocycles. The molecule has 7 heteroatoms. The Bertz CT molecular complexity index is 354. The van der Waals surface area contributed by atoms with Gasteiger partial charge in [-0.1, -0.05) is 0 Å². The van der Waals surface area contributed by atoms with Crippen LogP contribution in [0.4, 0.5) is 25.8 Å². The summed E-state index contributed by atoms with van der Waals surface area (Å²) in [4.78, 5) is 9.23. The summed E-state index contributed by atoms with van der Waals surface area (Å²) in [5.74, 6) is -2.39. The lowest BCUT2D eigenvalue weighted by atomic mass is 10.2. The molecule has 0 aromatic heterocycles. The molecule has 13 heavy (non-hydrogen) atoms. The Morgan fingerprint density at radius 1 is 1.23 bits per heavy atom. The zero-order chi connectivity index (χ0) is 10.2. The summed E-state index contributed by atoms with van der Waals surface area (Å²) >= 11 is 0. The number of nitro benzene ring substituents is 1. The third kappa shape index (κ3) is 1.35. The number of halogens is 2. The van der Waals surface area contributed by atoms with Crippen LogP contribution in [0.1, 0.15) is 0 Å². The lowest BCUT2D eigenvalue weighted by Crippen LogP contribution is -2.05. The smallest absolute Gasteiger partial charge is 0.320 e. The molecule has 0 aliphatic heterocycles. The van der Waals surface area contributed by atoms with Gasteiger partial charge in [-0.05, 0) is 0 Å². The topological polar surface area (TPSA) is 95.2 Å². The first-order chi connectivity index (χ1) is 5.95. The molecular weight excluding hydrogens is 184 g/mol. The van der Waals surface area contributed by atoms with Gasteiger partial charge in [0, 0.05) is 6.07 Å². The van der Waals surface area contributed by atoms with Crippen LogP contribution < -0.4 is 11.5 Å². The average molecular weight is 189 g/mol. The summed E-state index contributed by atoms with van der Waals surface area (Å²) in [6, 6.07) is 0.400. The van der Waals surface area contributed by atoms with E-state index in [-0.39, 0.29) is 0 Å². The maximum absolute atomic E-state index is 12.7. The number of hydrogen-bond donors (Lipinski definition) is 2. The van der Waals surface area contributed by atoms with Gasteiger partial charge in [0.15, 0.2) is 11.6 Å². The van der Waals surface area contributed by atoms with Crippen LogP contribution in [0, 0.1) is 21.7 Å². The van der Waals surface area contributed by atoms with Gasteiger partial charge in [0.2, 0.25) is 0 Å². The molecule has 0 unspecified atom stereocenters. The highest BCUT2D eigenvalue weighted by molar-refractivity contribution is 5.73. The van der Waals surface area contributed by atoms with Crippen LogP contribution in [-0.2, 0) is 0 Å². The van der Waals surface area contributed by atoms with Crippen LogP contribution in [0.2, 0.25) is 0 Å². The SMILES string of the molecule is Nc1c(F)cc(F)c(N)c1[N+](=O)[O-]. The second-order valence-corrected chi connectivity index (χ2v) is 2.27. The molecule has 1 aromatic rings. The molecule has 0 radical (unpaired) electrons. The predicted octanol–water partition coefficient (Wildman–Crippen LogP) is 1.04. The van der Waals surface area contributed by atoms with Crippen molar-refractivity contribution in [2.75, 3.05) is 11.5 Å². The number of hydrogen-bond acceptors (Lipinski definition) is 4. The fourth-order valence-corrected chi connectivity index (χ4v) is 0.835. The van der Waals surface area contributed by atoms with E-state index in [1.54, 1.807) is 0 Å². The lowest BCUT2D eigenvalue weighted by Gasteiger charge is -2.02. The molecule has 0 atom stereocenters. The Balaban J connectivity index is 3.56. The van der Waals surface area contributed by atoms with Crippen LogP contribution in [0.3, 0.4) is 0 Å². The van der Waals surface area contributed by atoms with E-state index in [4.69, 9.17) is 11.5 Å². The highest BCUT2D eigenvalue weighted by Crippen LogP contribution is 2.32. The van der Waals surface area contributed by atoms with E-state index in [0.29, 0.717) is 6.07 Å². The Labute approximate surface area is 71.1 Å². The summed E-state index contributed by atoms with van der Waals surface area (Å²) in [6.45, 7) is 0. The minimum atomic E-state index is -1.20. The van der Waals surface area contributed by atoms with Crippen LogP contribution >= 0.6 is 0 Å². The van der Waals surface area contributed by atoms with E-state index >= 15 is 0 Å². The molecule has 0 saturated heterocycles. The van der Waals surface area contributed by atoms with E-state index in [1.165, 1.54) is 0 Å². The standard InChI is InChI=1S/C6H5F2N3O2/c7-2-1-3(8)5(10)6(4(2)9)11(12)13/h1H,9-10H2. The zero-order valence-electron chi connectivity index (χ0n) is 6.25. The van der Waals surface area contributed by atoms with Gasteiger partial charge < -0.3 is 11.5 Å². The maximum Gasteiger partial charge on any atom is 0.320 e. The van der Waals surface area contributed by atoms with Gasteiger partial charge in [0.25, 0.3) is 0 Å². The first-order valence-electron chi connectivity index (χ1n) is 3.12. The van der Waals surface area contributed by atoms with Gasteiger partial charge in [-0.25, -0.2) is 8.78 Å². The monoisotopic (exact) mass is 189 g/mol. The van der Waals surface area contributed by atoms with Crippen molar-refractivity contribution < 1.29 is 13.7 Å². The van der Waals surface area contributed by atoms with E-state index in [9.17, 15) is 18.9 Å². The Kier molecular flexibility index (Phi) is 2.01. The molecular formula is C6H5F2N3O2. The number of rotatable bonds is 1. The number of nitrogen functional groups attached to an aromatic ring is 2. The summed E-state index contributed by atoms with van der Waals surface area (Å²) in [5.41, 5.74) is 7.53. The third-order valence-electron chi connectivity index (χ3n) is 1.46. The molecule has 0 aliphatic rings. The van der Waals surface area contributed by atoms with Crippen molar-refractivity contribution in [2.24, 2.45) is 0 Å². The van der Waals surface area contributed by atoms with Crippen LogP contribution in [-0.4, -0.2) is 4.92 Å². The number of anilines is 2. The van der Waals surface area contributed by atoms with Crippen molar-refractivity contribution in [1.29, 1.82) is 0 Å². The molecule has 0 amide bonds. The molecule has 0 heterocycles. The quantitative estimate of drug-likeness (QED) is 0.392. The normalized spacial score (nSPS) is 10.0. The minimum absolute atomic E-state index is 0.400. The molecule has 0 saturated carbocycles. The number of nitrogens with zero attached hydrogens (tertiary/aromatic N) is 1. The molecule has 5 nitrogen and oxygen atoms in total. The van der Waals surface area contributed by atoms with Crippen molar-refractivity contribution >= 4 is 17.1 Å². The van der Waals surface area contributed by atoms with Gasteiger partial charge in [-0.3, -0.25) is 10.1 Å². The second-order valence-electron chi connectivity index (χ2n) is 2.27. The van der Waals surface area contributed by atoms with Gasteiger partial charge in [0.05, 0.1) is 4.92 Å². The van der Waals surface area contributed by atoms with Crippen LogP contribution in [0.5, 0.6) is 0 Å². The average Bonchev–Trinajstić information content (AvgIpc) is 2.01. The van der Waals surface area contributed by atoms with Gasteiger partial charge in [-0.2, -0.15) is 0 Å². The van der Waals surface area contributed by atoms with E-state index in [1.807, 2.05) is 0 Å². The molecule has 1 rings (SSSR count). The summed E-state index contributed by atoms with van der Waals surface area (Å²) in [7, 11) is 0. The number of nitro groups is 1. The Morgan fingerprint density at radius 3 is 1.92 bits per heavy atom. The van der Waals surface area contributed by atoms with Crippen molar-refractivity contribution in [3.63, 3.8) is 0 Å².